The number of fused-ring (bicyclic) bond motifs is 1. The lowest BCUT2D eigenvalue weighted by atomic mass is 10.1. The van der Waals surface area contributed by atoms with Crippen molar-refractivity contribution in [2.45, 2.75) is 5.38 Å². The minimum absolute atomic E-state index is 0.164. The number of hydrogen-bond acceptors (Lipinski definition) is 5. The molecule has 5 nitrogen and oxygen atoms in total. The molecule has 0 radical (unpaired) electrons. The number of Topliss-reactive ketones (excluding diaryl/α,β-unsaturated/α-hetero) is 1. The lowest BCUT2D eigenvalue weighted by molar-refractivity contribution is -0.134. The summed E-state index contributed by atoms with van der Waals surface area (Å²) in [6.45, 7) is 0. The third kappa shape index (κ3) is 3.93. The standard InChI is InChI=1S/C24H17ClO5/c1-28-19-10-6-5-9-16(19)13-21-23(26)18-12-11-17(14-20(18)30-21)29-24(27)22(25)15-7-3-2-4-8-15/h2-14,22H,1H3/b21-13-. The van der Waals surface area contributed by atoms with Crippen molar-refractivity contribution < 1.29 is 23.8 Å². The van der Waals surface area contributed by atoms with E-state index in [2.05, 4.69) is 0 Å². The molecule has 0 amide bonds. The number of allylic oxidation sites excluding steroid dienone is 1. The second kappa shape index (κ2) is 8.43. The van der Waals surface area contributed by atoms with Crippen LogP contribution in [0.15, 0.2) is 78.6 Å². The van der Waals surface area contributed by atoms with Gasteiger partial charge in [-0.3, -0.25) is 4.79 Å². The zero-order valence-corrected chi connectivity index (χ0v) is 16.8. The van der Waals surface area contributed by atoms with Crippen LogP contribution < -0.4 is 14.2 Å². The molecule has 0 fully saturated rings. The molecule has 1 aliphatic heterocycles. The Morgan fingerprint density at radius 3 is 2.53 bits per heavy atom. The Morgan fingerprint density at radius 2 is 1.77 bits per heavy atom. The van der Waals surface area contributed by atoms with E-state index >= 15 is 0 Å². The summed E-state index contributed by atoms with van der Waals surface area (Å²) in [5, 5.41) is -0.942. The maximum absolute atomic E-state index is 12.7. The van der Waals surface area contributed by atoms with Gasteiger partial charge in [0.25, 0.3) is 0 Å². The first kappa shape index (κ1) is 19.7. The molecule has 1 aliphatic rings. The summed E-state index contributed by atoms with van der Waals surface area (Å²) in [6.07, 6.45) is 1.62. The van der Waals surface area contributed by atoms with Gasteiger partial charge in [0.15, 0.2) is 11.1 Å². The van der Waals surface area contributed by atoms with Crippen molar-refractivity contribution in [2.75, 3.05) is 7.11 Å². The van der Waals surface area contributed by atoms with Crippen molar-refractivity contribution in [1.29, 1.82) is 0 Å². The van der Waals surface area contributed by atoms with Crippen LogP contribution in [0.3, 0.4) is 0 Å². The van der Waals surface area contributed by atoms with Crippen LogP contribution in [0.5, 0.6) is 17.2 Å². The molecule has 0 N–H and O–H groups in total. The minimum Gasteiger partial charge on any atom is -0.496 e. The summed E-state index contributed by atoms with van der Waals surface area (Å²) < 4.78 is 16.4. The predicted molar refractivity (Wildman–Crippen MR) is 113 cm³/mol. The number of carbonyl (C=O) groups excluding carboxylic acids is 2. The Bertz CT molecular complexity index is 1140. The lowest BCUT2D eigenvalue weighted by Crippen LogP contribution is -2.14. The smallest absolute Gasteiger partial charge is 0.334 e. The highest BCUT2D eigenvalue weighted by atomic mass is 35.5. The second-order valence-corrected chi connectivity index (χ2v) is 6.97. The van der Waals surface area contributed by atoms with Crippen molar-refractivity contribution in [1.82, 2.24) is 0 Å². The third-order valence-corrected chi connectivity index (χ3v) is 5.01. The minimum atomic E-state index is -0.942. The number of rotatable bonds is 5. The van der Waals surface area contributed by atoms with E-state index in [9.17, 15) is 9.59 Å². The van der Waals surface area contributed by atoms with Gasteiger partial charge in [-0.05, 0) is 29.8 Å². The Labute approximate surface area is 178 Å². The fraction of sp³-hybridized carbons (Fsp3) is 0.0833. The normalized spacial score (nSPS) is 14.7. The van der Waals surface area contributed by atoms with Crippen LogP contribution in [0, 0.1) is 0 Å². The van der Waals surface area contributed by atoms with Crippen molar-refractivity contribution in [2.24, 2.45) is 0 Å². The van der Waals surface area contributed by atoms with E-state index in [0.29, 0.717) is 22.6 Å². The van der Waals surface area contributed by atoms with Crippen LogP contribution in [0.1, 0.15) is 26.9 Å². The van der Waals surface area contributed by atoms with Gasteiger partial charge in [-0.2, -0.15) is 0 Å². The topological polar surface area (TPSA) is 61.8 Å². The lowest BCUT2D eigenvalue weighted by Gasteiger charge is -2.10. The highest BCUT2D eigenvalue weighted by Gasteiger charge is 2.29. The van der Waals surface area contributed by atoms with Crippen LogP contribution in [0.4, 0.5) is 0 Å². The van der Waals surface area contributed by atoms with E-state index in [0.717, 1.165) is 5.56 Å². The van der Waals surface area contributed by atoms with Gasteiger partial charge >= 0.3 is 5.97 Å². The molecule has 1 atom stereocenters. The molecule has 6 heteroatoms. The molecular formula is C24H17ClO5. The molecule has 0 saturated carbocycles. The number of benzene rings is 3. The van der Waals surface area contributed by atoms with Gasteiger partial charge in [-0.15, -0.1) is 11.6 Å². The molecule has 150 valence electrons. The molecule has 0 spiro atoms. The number of ketones is 1. The van der Waals surface area contributed by atoms with Crippen molar-refractivity contribution in [3.63, 3.8) is 0 Å². The molecule has 0 aromatic heterocycles. The van der Waals surface area contributed by atoms with Crippen LogP contribution in [-0.4, -0.2) is 18.9 Å². The van der Waals surface area contributed by atoms with Gasteiger partial charge in [-0.25, -0.2) is 4.79 Å². The Morgan fingerprint density at radius 1 is 1.03 bits per heavy atom. The monoisotopic (exact) mass is 420 g/mol. The third-order valence-electron chi connectivity index (χ3n) is 4.58. The van der Waals surface area contributed by atoms with Crippen molar-refractivity contribution in [3.8, 4) is 17.2 Å². The summed E-state index contributed by atoms with van der Waals surface area (Å²) in [5.74, 6) is 0.479. The van der Waals surface area contributed by atoms with Crippen molar-refractivity contribution >= 4 is 29.4 Å². The molecular weight excluding hydrogens is 404 g/mol. The molecule has 4 rings (SSSR count). The van der Waals surface area contributed by atoms with Crippen LogP contribution in [0.2, 0.25) is 0 Å². The zero-order chi connectivity index (χ0) is 21.1. The quantitative estimate of drug-likeness (QED) is 0.246. The largest absolute Gasteiger partial charge is 0.496 e. The SMILES string of the molecule is COc1ccccc1/C=C1\Oc2cc(OC(=O)C(Cl)c3ccccc3)ccc2C1=O. The molecule has 0 aliphatic carbocycles. The number of para-hydroxylation sites is 1. The van der Waals surface area contributed by atoms with E-state index < -0.39 is 11.3 Å². The molecule has 0 bridgehead atoms. The fourth-order valence-electron chi connectivity index (χ4n) is 3.08. The number of methoxy groups -OCH3 is 1. The van der Waals surface area contributed by atoms with Gasteiger partial charge in [0.05, 0.1) is 12.7 Å². The summed E-state index contributed by atoms with van der Waals surface area (Å²) >= 11 is 6.21. The van der Waals surface area contributed by atoms with Crippen LogP contribution >= 0.6 is 11.6 Å². The van der Waals surface area contributed by atoms with Crippen molar-refractivity contribution in [3.05, 3.63) is 95.2 Å². The van der Waals surface area contributed by atoms with Gasteiger partial charge in [-0.1, -0.05) is 48.5 Å². The summed E-state index contributed by atoms with van der Waals surface area (Å²) in [6, 6.07) is 20.8. The summed E-state index contributed by atoms with van der Waals surface area (Å²) in [4.78, 5) is 25.0. The first-order chi connectivity index (χ1) is 14.6. The fourth-order valence-corrected chi connectivity index (χ4v) is 3.27. The molecule has 3 aromatic rings. The number of hydrogen-bond donors (Lipinski definition) is 0. The first-order valence-electron chi connectivity index (χ1n) is 9.19. The Hall–Kier alpha value is -3.57. The summed E-state index contributed by atoms with van der Waals surface area (Å²) in [7, 11) is 1.56. The number of ether oxygens (including phenoxy) is 3. The van der Waals surface area contributed by atoms with Gasteiger partial charge < -0.3 is 14.2 Å². The van der Waals surface area contributed by atoms with E-state index in [1.54, 1.807) is 55.7 Å². The average Bonchev–Trinajstić information content (AvgIpc) is 3.08. The van der Waals surface area contributed by atoms with Crippen LogP contribution in [0.25, 0.3) is 6.08 Å². The van der Waals surface area contributed by atoms with Gasteiger partial charge in [0, 0.05) is 11.6 Å². The molecule has 1 unspecified atom stereocenters. The molecule has 1 heterocycles. The highest BCUT2D eigenvalue weighted by Crippen LogP contribution is 2.36. The van der Waals surface area contributed by atoms with E-state index in [1.165, 1.54) is 6.07 Å². The number of carbonyl (C=O) groups is 2. The maximum atomic E-state index is 12.7. The van der Waals surface area contributed by atoms with E-state index in [4.69, 9.17) is 25.8 Å². The van der Waals surface area contributed by atoms with Crippen LogP contribution in [-0.2, 0) is 4.79 Å². The number of halogens is 1. The van der Waals surface area contributed by atoms with E-state index in [-0.39, 0.29) is 17.3 Å². The second-order valence-electron chi connectivity index (χ2n) is 6.53. The molecule has 3 aromatic carbocycles. The van der Waals surface area contributed by atoms with E-state index in [1.807, 2.05) is 24.3 Å². The maximum Gasteiger partial charge on any atom is 0.334 e. The summed E-state index contributed by atoms with van der Waals surface area (Å²) in [5.41, 5.74) is 1.75. The van der Waals surface area contributed by atoms with Gasteiger partial charge in [0.1, 0.15) is 17.2 Å². The molecule has 30 heavy (non-hydrogen) atoms. The highest BCUT2D eigenvalue weighted by molar-refractivity contribution is 6.30. The average molecular weight is 421 g/mol. The number of alkyl halides is 1. The Balaban J connectivity index is 1.54. The number of esters is 1. The molecule has 0 saturated heterocycles. The Kier molecular flexibility index (Phi) is 5.55. The predicted octanol–water partition coefficient (Wildman–Crippen LogP) is 5.20. The first-order valence-corrected chi connectivity index (χ1v) is 9.62. The zero-order valence-electron chi connectivity index (χ0n) is 16.0. The van der Waals surface area contributed by atoms with Gasteiger partial charge in [0.2, 0.25) is 5.78 Å².